The van der Waals surface area contributed by atoms with Crippen molar-refractivity contribution in [2.24, 2.45) is 0 Å². The first kappa shape index (κ1) is 9.39. The number of carbonyl (C=O) groups excluding carboxylic acids is 1. The zero-order valence-electron chi connectivity index (χ0n) is 8.10. The molecule has 5 heteroatoms. The van der Waals surface area contributed by atoms with E-state index in [9.17, 15) is 9.59 Å². The lowest BCUT2D eigenvalue weighted by Crippen LogP contribution is -2.33. The van der Waals surface area contributed by atoms with Crippen LogP contribution in [0.2, 0.25) is 0 Å². The smallest absolute Gasteiger partial charge is 0.274 e. The molecule has 1 N–H and O–H groups in total. The highest BCUT2D eigenvalue weighted by Gasteiger charge is 2.03. The van der Waals surface area contributed by atoms with Crippen LogP contribution in [-0.4, -0.2) is 15.6 Å². The van der Waals surface area contributed by atoms with Crippen molar-refractivity contribution in [3.8, 4) is 0 Å². The van der Waals surface area contributed by atoms with Gasteiger partial charge in [-0.25, -0.2) is 9.47 Å². The molecule has 1 aromatic carbocycles. The van der Waals surface area contributed by atoms with Gasteiger partial charge in [0.2, 0.25) is 5.91 Å². The maximum Gasteiger partial charge on any atom is 0.367 e. The minimum Gasteiger partial charge on any atom is -0.274 e. The van der Waals surface area contributed by atoms with Gasteiger partial charge in [-0.15, -0.1) is 0 Å². The molecule has 0 unspecified atom stereocenters. The number of para-hydroxylation sites is 1. The van der Waals surface area contributed by atoms with E-state index >= 15 is 0 Å². The van der Waals surface area contributed by atoms with Crippen LogP contribution in [0.4, 0.5) is 0 Å². The molecule has 5 nitrogen and oxygen atoms in total. The Morgan fingerprint density at radius 2 is 2.13 bits per heavy atom. The number of benzene rings is 1. The fourth-order valence-electron chi connectivity index (χ4n) is 1.35. The fourth-order valence-corrected chi connectivity index (χ4v) is 1.35. The van der Waals surface area contributed by atoms with Crippen LogP contribution in [0.25, 0.3) is 10.9 Å². The zero-order chi connectivity index (χ0) is 10.8. The molecule has 0 spiro atoms. The SMILES string of the molecule is CC(=O)Nn1c(=O)ncc2ccccc21. The van der Waals surface area contributed by atoms with Crippen LogP contribution in [0, 0.1) is 0 Å². The van der Waals surface area contributed by atoms with Crippen LogP contribution in [0.5, 0.6) is 0 Å². The maximum atomic E-state index is 11.4. The van der Waals surface area contributed by atoms with E-state index in [-0.39, 0.29) is 5.91 Å². The number of rotatable bonds is 1. The van der Waals surface area contributed by atoms with Gasteiger partial charge in [0.05, 0.1) is 5.52 Å². The summed E-state index contributed by atoms with van der Waals surface area (Å²) in [4.78, 5) is 26.0. The molecule has 0 aliphatic rings. The normalized spacial score (nSPS) is 10.2. The molecular formula is C10H9N3O2. The average Bonchev–Trinajstić information content (AvgIpc) is 2.22. The quantitative estimate of drug-likeness (QED) is 0.733. The lowest BCUT2D eigenvalue weighted by Gasteiger charge is -2.08. The van der Waals surface area contributed by atoms with Crippen LogP contribution in [0.15, 0.2) is 35.3 Å². The number of carbonyl (C=O) groups is 1. The predicted molar refractivity (Wildman–Crippen MR) is 56.0 cm³/mol. The predicted octanol–water partition coefficient (Wildman–Crippen LogP) is 0.486. The summed E-state index contributed by atoms with van der Waals surface area (Å²) in [6.45, 7) is 1.34. The van der Waals surface area contributed by atoms with Gasteiger partial charge in [0.25, 0.3) is 0 Å². The number of hydrogen-bond donors (Lipinski definition) is 1. The van der Waals surface area contributed by atoms with Gasteiger partial charge in [0.1, 0.15) is 0 Å². The van der Waals surface area contributed by atoms with Gasteiger partial charge < -0.3 is 0 Å². The summed E-state index contributed by atoms with van der Waals surface area (Å²) in [6, 6.07) is 7.20. The van der Waals surface area contributed by atoms with Gasteiger partial charge in [-0.05, 0) is 6.07 Å². The Morgan fingerprint density at radius 3 is 2.87 bits per heavy atom. The number of amides is 1. The molecule has 0 radical (unpaired) electrons. The van der Waals surface area contributed by atoms with E-state index in [1.54, 1.807) is 12.1 Å². The van der Waals surface area contributed by atoms with Crippen molar-refractivity contribution in [2.45, 2.75) is 6.92 Å². The highest BCUT2D eigenvalue weighted by atomic mass is 16.2. The molecule has 0 fully saturated rings. The molecule has 0 saturated carbocycles. The van der Waals surface area contributed by atoms with Crippen molar-refractivity contribution in [3.05, 3.63) is 40.9 Å². The van der Waals surface area contributed by atoms with Crippen molar-refractivity contribution >= 4 is 16.8 Å². The first-order chi connectivity index (χ1) is 7.18. The topological polar surface area (TPSA) is 64.0 Å². The van der Waals surface area contributed by atoms with E-state index in [1.807, 2.05) is 12.1 Å². The van der Waals surface area contributed by atoms with Gasteiger partial charge >= 0.3 is 5.69 Å². The average molecular weight is 203 g/mol. The van der Waals surface area contributed by atoms with Gasteiger partial charge in [0.15, 0.2) is 0 Å². The second-order valence-corrected chi connectivity index (χ2v) is 3.10. The van der Waals surface area contributed by atoms with E-state index < -0.39 is 5.69 Å². The van der Waals surface area contributed by atoms with Gasteiger partial charge in [-0.3, -0.25) is 10.2 Å². The van der Waals surface area contributed by atoms with Crippen LogP contribution in [0.3, 0.4) is 0 Å². The first-order valence-electron chi connectivity index (χ1n) is 4.43. The first-order valence-corrected chi connectivity index (χ1v) is 4.43. The van der Waals surface area contributed by atoms with Crippen LogP contribution in [0.1, 0.15) is 6.92 Å². The van der Waals surface area contributed by atoms with Crippen LogP contribution < -0.4 is 11.1 Å². The summed E-state index contributed by atoms with van der Waals surface area (Å²) < 4.78 is 1.14. The van der Waals surface area contributed by atoms with E-state index in [0.29, 0.717) is 5.52 Å². The van der Waals surface area contributed by atoms with Crippen molar-refractivity contribution < 1.29 is 4.79 Å². The molecule has 15 heavy (non-hydrogen) atoms. The third kappa shape index (κ3) is 1.71. The monoisotopic (exact) mass is 203 g/mol. The van der Waals surface area contributed by atoms with Crippen molar-refractivity contribution in [2.75, 3.05) is 5.43 Å². The van der Waals surface area contributed by atoms with Crippen LogP contribution in [-0.2, 0) is 4.79 Å². The number of aromatic nitrogens is 2. The van der Waals surface area contributed by atoms with E-state index in [1.165, 1.54) is 13.1 Å². The Balaban J connectivity index is 2.74. The second-order valence-electron chi connectivity index (χ2n) is 3.10. The van der Waals surface area contributed by atoms with E-state index in [0.717, 1.165) is 10.1 Å². The summed E-state index contributed by atoms with van der Waals surface area (Å²) in [7, 11) is 0. The lowest BCUT2D eigenvalue weighted by molar-refractivity contribution is -0.115. The molecule has 0 bridgehead atoms. The standard InChI is InChI=1S/C10H9N3O2/c1-7(14)12-13-9-5-3-2-4-8(9)6-11-10(13)15/h2-6H,1H3,(H,12,14). The van der Waals surface area contributed by atoms with Crippen molar-refractivity contribution in [3.63, 3.8) is 0 Å². The number of nitrogens with one attached hydrogen (secondary N) is 1. The van der Waals surface area contributed by atoms with Crippen molar-refractivity contribution in [1.82, 2.24) is 9.66 Å². The molecule has 0 aliphatic heterocycles. The minimum atomic E-state index is -0.496. The Labute approximate surface area is 85.3 Å². The van der Waals surface area contributed by atoms with E-state index in [2.05, 4.69) is 10.4 Å². The maximum absolute atomic E-state index is 11.4. The Bertz CT molecular complexity index is 574. The summed E-state index contributed by atoms with van der Waals surface area (Å²) in [5.74, 6) is -0.310. The van der Waals surface area contributed by atoms with Gasteiger partial charge in [-0.1, -0.05) is 18.2 Å². The molecule has 0 saturated heterocycles. The molecule has 76 valence electrons. The Kier molecular flexibility index (Phi) is 2.21. The highest BCUT2D eigenvalue weighted by Crippen LogP contribution is 2.08. The Hall–Kier alpha value is -2.17. The minimum absolute atomic E-state index is 0.310. The number of hydrogen-bond acceptors (Lipinski definition) is 3. The molecule has 0 atom stereocenters. The lowest BCUT2D eigenvalue weighted by atomic mass is 10.2. The fraction of sp³-hybridized carbons (Fsp3) is 0.100. The molecule has 1 amide bonds. The zero-order valence-corrected chi connectivity index (χ0v) is 8.10. The molecule has 1 heterocycles. The number of nitrogens with zero attached hydrogens (tertiary/aromatic N) is 2. The highest BCUT2D eigenvalue weighted by molar-refractivity contribution is 5.84. The van der Waals surface area contributed by atoms with Gasteiger partial charge in [-0.2, -0.15) is 4.98 Å². The number of fused-ring (bicyclic) bond motifs is 1. The second kappa shape index (κ2) is 3.53. The summed E-state index contributed by atoms with van der Waals surface area (Å²) in [5, 5.41) is 0.797. The molecule has 0 aliphatic carbocycles. The summed E-state index contributed by atoms with van der Waals surface area (Å²) in [6.07, 6.45) is 1.48. The molecule has 2 rings (SSSR count). The largest absolute Gasteiger partial charge is 0.367 e. The van der Waals surface area contributed by atoms with Gasteiger partial charge in [0, 0.05) is 18.5 Å². The summed E-state index contributed by atoms with van der Waals surface area (Å²) >= 11 is 0. The molecular weight excluding hydrogens is 194 g/mol. The summed E-state index contributed by atoms with van der Waals surface area (Å²) in [5.41, 5.74) is 2.55. The third-order valence-corrected chi connectivity index (χ3v) is 1.95. The van der Waals surface area contributed by atoms with Crippen LogP contribution >= 0.6 is 0 Å². The molecule has 1 aromatic heterocycles. The Morgan fingerprint density at radius 1 is 1.40 bits per heavy atom. The third-order valence-electron chi connectivity index (χ3n) is 1.95. The molecule has 2 aromatic rings. The van der Waals surface area contributed by atoms with Crippen molar-refractivity contribution in [1.29, 1.82) is 0 Å². The van der Waals surface area contributed by atoms with E-state index in [4.69, 9.17) is 0 Å².